The fraction of sp³-hybridized carbons (Fsp3) is 1.00. The van der Waals surface area contributed by atoms with Crippen LogP contribution in [0.15, 0.2) is 5.11 Å². The second kappa shape index (κ2) is 3.78. The molecule has 0 aromatic carbocycles. The van der Waals surface area contributed by atoms with Crippen LogP contribution in [0.1, 0.15) is 19.3 Å². The number of azide groups is 1. The van der Waals surface area contributed by atoms with Gasteiger partial charge in [0.15, 0.2) is 0 Å². The predicted molar refractivity (Wildman–Crippen MR) is 45.5 cm³/mol. The molecule has 1 aliphatic carbocycles. The molecule has 1 rings (SSSR count). The van der Waals surface area contributed by atoms with E-state index < -0.39 is 10.7 Å². The van der Waals surface area contributed by atoms with Gasteiger partial charge in [0, 0.05) is 17.2 Å². The van der Waals surface area contributed by atoms with E-state index in [0.717, 1.165) is 12.8 Å². The van der Waals surface area contributed by atoms with E-state index in [4.69, 9.17) is 5.53 Å². The number of hydrogen-bond acceptors (Lipinski definition) is 3. The van der Waals surface area contributed by atoms with Crippen LogP contribution >= 0.6 is 0 Å². The summed E-state index contributed by atoms with van der Waals surface area (Å²) in [5.74, 6) is 0.219. The first kappa shape index (κ1) is 9.35. The average Bonchev–Trinajstić information content (AvgIpc) is 2.79. The Kier molecular flexibility index (Phi) is 2.94. The number of nitrogens with zero attached hydrogens (tertiary/aromatic N) is 3. The van der Waals surface area contributed by atoms with Crippen LogP contribution in [0.5, 0.6) is 0 Å². The van der Waals surface area contributed by atoms with Crippen molar-refractivity contribution in [3.8, 4) is 0 Å². The van der Waals surface area contributed by atoms with Gasteiger partial charge in [-0.05, 0) is 30.2 Å². The third-order valence-electron chi connectivity index (χ3n) is 2.25. The lowest BCUT2D eigenvalue weighted by Crippen LogP contribution is -2.07. The summed E-state index contributed by atoms with van der Waals surface area (Å²) in [4.78, 5) is 2.66. The highest BCUT2D eigenvalue weighted by molar-refractivity contribution is 7.72. The van der Waals surface area contributed by atoms with Gasteiger partial charge in [0.25, 0.3) is 0 Å². The van der Waals surface area contributed by atoms with Gasteiger partial charge in [-0.25, -0.2) is 8.42 Å². The van der Waals surface area contributed by atoms with Crippen LogP contribution in [-0.2, 0) is 10.7 Å². The van der Waals surface area contributed by atoms with Crippen LogP contribution in [0.25, 0.3) is 10.4 Å². The summed E-state index contributed by atoms with van der Waals surface area (Å²) in [6.07, 6.45) is 2.63. The molecule has 0 unspecified atom stereocenters. The third-order valence-corrected chi connectivity index (χ3v) is 2.84. The van der Waals surface area contributed by atoms with Crippen molar-refractivity contribution in [1.82, 2.24) is 0 Å². The molecule has 0 atom stereocenters. The zero-order valence-electron chi connectivity index (χ0n) is 6.64. The molecule has 6 heteroatoms. The van der Waals surface area contributed by atoms with Gasteiger partial charge in [-0.15, -0.1) is 0 Å². The SMILES string of the molecule is [N-]=[N+]=NCC1(CC[SH](=O)=O)CC1. The summed E-state index contributed by atoms with van der Waals surface area (Å²) in [7, 11) is -2.27. The van der Waals surface area contributed by atoms with Crippen molar-refractivity contribution in [2.75, 3.05) is 12.3 Å². The number of thiol groups is 1. The van der Waals surface area contributed by atoms with Crippen LogP contribution in [0.4, 0.5) is 0 Å². The Labute approximate surface area is 72.3 Å². The molecule has 0 N–H and O–H groups in total. The van der Waals surface area contributed by atoms with Gasteiger partial charge in [-0.3, -0.25) is 0 Å². The van der Waals surface area contributed by atoms with Crippen molar-refractivity contribution >= 4 is 10.7 Å². The fourth-order valence-corrected chi connectivity index (χ4v) is 1.83. The van der Waals surface area contributed by atoms with E-state index in [1.807, 2.05) is 0 Å². The summed E-state index contributed by atoms with van der Waals surface area (Å²) in [6.45, 7) is 0.451. The molecule has 1 saturated carbocycles. The zero-order valence-corrected chi connectivity index (χ0v) is 7.54. The minimum Gasteiger partial charge on any atom is -0.232 e. The molecule has 0 amide bonds. The van der Waals surface area contributed by atoms with Crippen molar-refractivity contribution in [3.05, 3.63) is 10.4 Å². The van der Waals surface area contributed by atoms with Crippen LogP contribution < -0.4 is 0 Å². The van der Waals surface area contributed by atoms with Gasteiger partial charge in [0.2, 0.25) is 0 Å². The van der Waals surface area contributed by atoms with Crippen molar-refractivity contribution in [3.63, 3.8) is 0 Å². The highest BCUT2D eigenvalue weighted by Gasteiger charge is 2.41. The lowest BCUT2D eigenvalue weighted by molar-refractivity contribution is 0.501. The van der Waals surface area contributed by atoms with Crippen LogP contribution in [0.3, 0.4) is 0 Å². The predicted octanol–water partition coefficient (Wildman–Crippen LogP) is 1.08. The van der Waals surface area contributed by atoms with E-state index in [0.29, 0.717) is 13.0 Å². The fourth-order valence-electron chi connectivity index (χ4n) is 1.17. The number of rotatable bonds is 5. The average molecular weight is 189 g/mol. The normalized spacial score (nSPS) is 18.8. The highest BCUT2D eigenvalue weighted by atomic mass is 32.2. The van der Waals surface area contributed by atoms with Gasteiger partial charge in [0.05, 0.1) is 0 Å². The quantitative estimate of drug-likeness (QED) is 0.304. The van der Waals surface area contributed by atoms with E-state index in [2.05, 4.69) is 10.0 Å². The molecule has 0 aromatic rings. The van der Waals surface area contributed by atoms with E-state index in [-0.39, 0.29) is 11.2 Å². The molecule has 0 saturated heterocycles. The Morgan fingerprint density at radius 2 is 2.17 bits per heavy atom. The van der Waals surface area contributed by atoms with Gasteiger partial charge in [-0.2, -0.15) is 0 Å². The van der Waals surface area contributed by atoms with Crippen LogP contribution in [0.2, 0.25) is 0 Å². The Morgan fingerprint density at radius 1 is 1.50 bits per heavy atom. The van der Waals surface area contributed by atoms with E-state index in [1.54, 1.807) is 0 Å². The molecule has 68 valence electrons. The topological polar surface area (TPSA) is 82.9 Å². The molecule has 0 spiro atoms. The van der Waals surface area contributed by atoms with Gasteiger partial charge in [-0.1, -0.05) is 5.11 Å². The lowest BCUT2D eigenvalue weighted by atomic mass is 10.1. The van der Waals surface area contributed by atoms with Crippen molar-refractivity contribution < 1.29 is 8.42 Å². The molecule has 1 fully saturated rings. The molecule has 0 heterocycles. The van der Waals surface area contributed by atoms with Gasteiger partial charge in [0.1, 0.15) is 10.7 Å². The van der Waals surface area contributed by atoms with E-state index >= 15 is 0 Å². The maximum absolute atomic E-state index is 10.3. The van der Waals surface area contributed by atoms with Crippen molar-refractivity contribution in [1.29, 1.82) is 0 Å². The van der Waals surface area contributed by atoms with Crippen LogP contribution in [-0.4, -0.2) is 20.7 Å². The Bertz CT molecular complexity index is 269. The molecule has 0 radical (unpaired) electrons. The Hall–Kier alpha value is -0.740. The van der Waals surface area contributed by atoms with E-state index in [9.17, 15) is 8.42 Å². The molecule has 0 aliphatic heterocycles. The molecule has 12 heavy (non-hydrogen) atoms. The summed E-state index contributed by atoms with van der Waals surface area (Å²) < 4.78 is 20.6. The first-order valence-corrected chi connectivity index (χ1v) is 5.17. The zero-order chi connectivity index (χ0) is 9.03. The molecule has 1 aliphatic rings. The second-order valence-electron chi connectivity index (χ2n) is 3.20. The van der Waals surface area contributed by atoms with Crippen molar-refractivity contribution in [2.45, 2.75) is 19.3 Å². The maximum Gasteiger partial charge on any atom is 0.140 e. The monoisotopic (exact) mass is 189 g/mol. The van der Waals surface area contributed by atoms with Gasteiger partial charge < -0.3 is 0 Å². The molecular formula is C6H11N3O2S. The first-order valence-electron chi connectivity index (χ1n) is 3.81. The molecule has 5 nitrogen and oxygen atoms in total. The molecule has 0 aromatic heterocycles. The summed E-state index contributed by atoms with van der Waals surface area (Å²) >= 11 is 0. The third kappa shape index (κ3) is 2.71. The summed E-state index contributed by atoms with van der Waals surface area (Å²) in [6, 6.07) is 0. The minimum absolute atomic E-state index is 0.0294. The molecule has 0 bridgehead atoms. The van der Waals surface area contributed by atoms with Gasteiger partial charge >= 0.3 is 0 Å². The number of hydrogen-bond donors (Lipinski definition) is 1. The minimum atomic E-state index is -2.27. The molecular weight excluding hydrogens is 178 g/mol. The summed E-state index contributed by atoms with van der Waals surface area (Å²) in [5.41, 5.74) is 8.10. The lowest BCUT2D eigenvalue weighted by Gasteiger charge is -2.07. The first-order chi connectivity index (χ1) is 5.68. The van der Waals surface area contributed by atoms with Crippen molar-refractivity contribution in [2.24, 2.45) is 10.5 Å². The second-order valence-corrected chi connectivity index (χ2v) is 4.31. The standard InChI is InChI=1S/C6H11N3O2S/c7-9-8-5-6(1-2-6)3-4-12(10)11/h12H,1-5H2. The summed E-state index contributed by atoms with van der Waals surface area (Å²) in [5, 5.41) is 3.47. The smallest absolute Gasteiger partial charge is 0.140 e. The maximum atomic E-state index is 10.3. The van der Waals surface area contributed by atoms with E-state index in [1.165, 1.54) is 0 Å². The highest BCUT2D eigenvalue weighted by Crippen LogP contribution is 2.48. The van der Waals surface area contributed by atoms with Crippen LogP contribution in [0, 0.1) is 5.41 Å². The largest absolute Gasteiger partial charge is 0.232 e. The Balaban J connectivity index is 2.34. The Morgan fingerprint density at radius 3 is 2.58 bits per heavy atom.